The van der Waals surface area contributed by atoms with Gasteiger partial charge in [0, 0.05) is 25.2 Å². The molecule has 12 heavy (non-hydrogen) atoms. The van der Waals surface area contributed by atoms with E-state index in [1.54, 1.807) is 0 Å². The number of rotatable bonds is 2. The standard InChI is InChI=1S/C10H22N2/c1-5-8(2)10-6-11-9(3)7-12(10)4/h8-11H,5-7H2,1-4H3. The highest BCUT2D eigenvalue weighted by Crippen LogP contribution is 2.15. The van der Waals surface area contributed by atoms with Gasteiger partial charge in [-0.05, 0) is 19.9 Å². The zero-order chi connectivity index (χ0) is 9.14. The highest BCUT2D eigenvalue weighted by molar-refractivity contribution is 4.84. The largest absolute Gasteiger partial charge is 0.311 e. The smallest absolute Gasteiger partial charge is 0.0243 e. The molecule has 3 unspecified atom stereocenters. The summed E-state index contributed by atoms with van der Waals surface area (Å²) in [6.07, 6.45) is 1.28. The van der Waals surface area contributed by atoms with E-state index in [1.165, 1.54) is 13.0 Å². The molecule has 0 bridgehead atoms. The van der Waals surface area contributed by atoms with E-state index >= 15 is 0 Å². The molecule has 0 aliphatic carbocycles. The molecule has 1 rings (SSSR count). The van der Waals surface area contributed by atoms with Crippen molar-refractivity contribution in [2.24, 2.45) is 5.92 Å². The maximum absolute atomic E-state index is 3.54. The molecule has 0 aromatic carbocycles. The minimum atomic E-state index is 0.662. The first-order valence-corrected chi connectivity index (χ1v) is 5.08. The van der Waals surface area contributed by atoms with Gasteiger partial charge in [0.05, 0.1) is 0 Å². The molecule has 2 nitrogen and oxygen atoms in total. The van der Waals surface area contributed by atoms with Gasteiger partial charge in [0.2, 0.25) is 0 Å². The predicted octanol–water partition coefficient (Wildman–Crippen LogP) is 1.32. The third-order valence-corrected chi connectivity index (χ3v) is 3.10. The molecule has 0 aromatic heterocycles. The van der Waals surface area contributed by atoms with Crippen LogP contribution in [-0.4, -0.2) is 37.1 Å². The van der Waals surface area contributed by atoms with Gasteiger partial charge in [0.15, 0.2) is 0 Å². The Morgan fingerprint density at radius 2 is 2.25 bits per heavy atom. The first-order valence-electron chi connectivity index (χ1n) is 5.08. The van der Waals surface area contributed by atoms with Gasteiger partial charge in [-0.3, -0.25) is 0 Å². The molecule has 0 aromatic rings. The van der Waals surface area contributed by atoms with Gasteiger partial charge in [-0.2, -0.15) is 0 Å². The Morgan fingerprint density at radius 3 is 2.75 bits per heavy atom. The molecule has 0 saturated carbocycles. The normalized spacial score (nSPS) is 35.0. The number of nitrogens with zero attached hydrogens (tertiary/aromatic N) is 1. The average Bonchev–Trinajstić information content (AvgIpc) is 2.03. The van der Waals surface area contributed by atoms with Crippen molar-refractivity contribution in [3.05, 3.63) is 0 Å². The van der Waals surface area contributed by atoms with Crippen LogP contribution >= 0.6 is 0 Å². The van der Waals surface area contributed by atoms with E-state index < -0.39 is 0 Å². The minimum absolute atomic E-state index is 0.662. The summed E-state index contributed by atoms with van der Waals surface area (Å²) in [4.78, 5) is 2.50. The summed E-state index contributed by atoms with van der Waals surface area (Å²) in [7, 11) is 2.24. The third kappa shape index (κ3) is 2.20. The maximum Gasteiger partial charge on any atom is 0.0243 e. The topological polar surface area (TPSA) is 15.3 Å². The number of likely N-dealkylation sites (N-methyl/N-ethyl adjacent to an activating group) is 1. The van der Waals surface area contributed by atoms with E-state index in [1.807, 2.05) is 0 Å². The van der Waals surface area contributed by atoms with Gasteiger partial charge in [0.25, 0.3) is 0 Å². The molecule has 0 radical (unpaired) electrons. The molecule has 2 heteroatoms. The molecule has 1 saturated heterocycles. The summed E-state index contributed by atoms with van der Waals surface area (Å²) >= 11 is 0. The summed E-state index contributed by atoms with van der Waals surface area (Å²) in [6, 6.07) is 1.40. The molecule has 72 valence electrons. The molecule has 1 aliphatic rings. The van der Waals surface area contributed by atoms with Crippen molar-refractivity contribution in [2.45, 2.75) is 39.3 Å². The van der Waals surface area contributed by atoms with E-state index in [0.29, 0.717) is 6.04 Å². The lowest BCUT2D eigenvalue weighted by molar-refractivity contribution is 0.124. The second-order valence-electron chi connectivity index (χ2n) is 4.20. The van der Waals surface area contributed by atoms with Gasteiger partial charge in [0.1, 0.15) is 0 Å². The molecular weight excluding hydrogens is 148 g/mol. The second-order valence-corrected chi connectivity index (χ2v) is 4.20. The van der Waals surface area contributed by atoms with Crippen LogP contribution in [0.5, 0.6) is 0 Å². The van der Waals surface area contributed by atoms with Crippen molar-refractivity contribution in [3.63, 3.8) is 0 Å². The van der Waals surface area contributed by atoms with Crippen molar-refractivity contribution in [3.8, 4) is 0 Å². The van der Waals surface area contributed by atoms with Crippen LogP contribution in [0.15, 0.2) is 0 Å². The van der Waals surface area contributed by atoms with E-state index in [4.69, 9.17) is 0 Å². The van der Waals surface area contributed by atoms with Crippen LogP contribution < -0.4 is 5.32 Å². The van der Waals surface area contributed by atoms with Gasteiger partial charge >= 0.3 is 0 Å². The van der Waals surface area contributed by atoms with Gasteiger partial charge < -0.3 is 10.2 Å². The lowest BCUT2D eigenvalue weighted by atomic mass is 9.95. The van der Waals surface area contributed by atoms with Crippen LogP contribution in [0.4, 0.5) is 0 Å². The number of hydrogen-bond acceptors (Lipinski definition) is 2. The molecular formula is C10H22N2. The Balaban J connectivity index is 2.44. The van der Waals surface area contributed by atoms with Crippen LogP contribution in [0.3, 0.4) is 0 Å². The summed E-state index contributed by atoms with van der Waals surface area (Å²) in [5.41, 5.74) is 0. The van der Waals surface area contributed by atoms with Crippen molar-refractivity contribution in [1.82, 2.24) is 10.2 Å². The first-order chi connectivity index (χ1) is 5.65. The fourth-order valence-corrected chi connectivity index (χ4v) is 2.02. The minimum Gasteiger partial charge on any atom is -0.311 e. The highest BCUT2D eigenvalue weighted by atomic mass is 15.2. The van der Waals surface area contributed by atoms with Crippen LogP contribution in [-0.2, 0) is 0 Å². The quantitative estimate of drug-likeness (QED) is 0.672. The summed E-state index contributed by atoms with van der Waals surface area (Å²) in [5.74, 6) is 0.815. The number of piperazine rings is 1. The van der Waals surface area contributed by atoms with Gasteiger partial charge in [-0.1, -0.05) is 20.3 Å². The van der Waals surface area contributed by atoms with Crippen molar-refractivity contribution in [2.75, 3.05) is 20.1 Å². The Hall–Kier alpha value is -0.0800. The van der Waals surface area contributed by atoms with E-state index in [0.717, 1.165) is 18.5 Å². The van der Waals surface area contributed by atoms with E-state index in [9.17, 15) is 0 Å². The van der Waals surface area contributed by atoms with Crippen molar-refractivity contribution < 1.29 is 0 Å². The molecule has 3 atom stereocenters. The Bertz CT molecular complexity index is 136. The number of hydrogen-bond donors (Lipinski definition) is 1. The second kappa shape index (κ2) is 4.24. The average molecular weight is 170 g/mol. The summed E-state index contributed by atoms with van der Waals surface area (Å²) < 4.78 is 0. The van der Waals surface area contributed by atoms with E-state index in [2.05, 4.69) is 38.0 Å². The molecule has 1 fully saturated rings. The zero-order valence-electron chi connectivity index (χ0n) is 8.80. The Morgan fingerprint density at radius 1 is 1.58 bits per heavy atom. The van der Waals surface area contributed by atoms with Crippen LogP contribution in [0.2, 0.25) is 0 Å². The van der Waals surface area contributed by atoms with Crippen LogP contribution in [0, 0.1) is 5.92 Å². The maximum atomic E-state index is 3.54. The molecule has 1 heterocycles. The summed E-state index contributed by atoms with van der Waals surface area (Å²) in [5, 5.41) is 3.54. The lowest BCUT2D eigenvalue weighted by Crippen LogP contribution is -2.55. The molecule has 1 aliphatic heterocycles. The third-order valence-electron chi connectivity index (χ3n) is 3.10. The molecule has 1 N–H and O–H groups in total. The van der Waals surface area contributed by atoms with Crippen LogP contribution in [0.25, 0.3) is 0 Å². The fraction of sp³-hybridized carbons (Fsp3) is 1.00. The van der Waals surface area contributed by atoms with Gasteiger partial charge in [-0.25, -0.2) is 0 Å². The molecule has 0 spiro atoms. The van der Waals surface area contributed by atoms with E-state index in [-0.39, 0.29) is 0 Å². The predicted molar refractivity (Wildman–Crippen MR) is 53.3 cm³/mol. The summed E-state index contributed by atoms with van der Waals surface area (Å²) in [6.45, 7) is 9.22. The van der Waals surface area contributed by atoms with Crippen molar-refractivity contribution in [1.29, 1.82) is 0 Å². The Labute approximate surface area is 76.3 Å². The van der Waals surface area contributed by atoms with Gasteiger partial charge in [-0.15, -0.1) is 0 Å². The zero-order valence-corrected chi connectivity index (χ0v) is 8.80. The van der Waals surface area contributed by atoms with Crippen LogP contribution in [0.1, 0.15) is 27.2 Å². The number of nitrogens with one attached hydrogen (secondary N) is 1. The molecule has 0 amide bonds. The SMILES string of the molecule is CCC(C)C1CNC(C)CN1C. The highest BCUT2D eigenvalue weighted by Gasteiger charge is 2.25. The monoisotopic (exact) mass is 170 g/mol. The fourth-order valence-electron chi connectivity index (χ4n) is 2.02. The lowest BCUT2D eigenvalue weighted by Gasteiger charge is -2.39. The van der Waals surface area contributed by atoms with Crippen molar-refractivity contribution >= 4 is 0 Å². The first kappa shape index (κ1) is 10.0. The Kier molecular flexibility index (Phi) is 3.53.